The lowest BCUT2D eigenvalue weighted by Gasteiger charge is -2.32. The zero-order valence-electron chi connectivity index (χ0n) is 16.2. The minimum Gasteiger partial charge on any atom is -0.443 e. The van der Waals surface area contributed by atoms with Gasteiger partial charge in [0.1, 0.15) is 23.2 Å². The lowest BCUT2D eigenvalue weighted by molar-refractivity contribution is -0.128. The van der Waals surface area contributed by atoms with Gasteiger partial charge in [-0.15, -0.1) is 0 Å². The van der Waals surface area contributed by atoms with Crippen molar-refractivity contribution in [1.29, 1.82) is 0 Å². The fourth-order valence-corrected chi connectivity index (χ4v) is 2.96. The minimum atomic E-state index is -0.925. The molecule has 1 aliphatic rings. The fourth-order valence-electron chi connectivity index (χ4n) is 2.96. The van der Waals surface area contributed by atoms with Crippen LogP contribution in [0.15, 0.2) is 52.6 Å². The maximum Gasteiger partial charge on any atom is 0.275 e. The van der Waals surface area contributed by atoms with Gasteiger partial charge in [0.15, 0.2) is 5.96 Å². The average molecular weight is 406 g/mol. The van der Waals surface area contributed by atoms with E-state index in [4.69, 9.17) is 10.2 Å². The first kappa shape index (κ1) is 19.2. The smallest absolute Gasteiger partial charge is 0.275 e. The van der Waals surface area contributed by atoms with Gasteiger partial charge in [0.05, 0.1) is 30.7 Å². The highest BCUT2D eigenvalue weighted by Gasteiger charge is 2.37. The number of carbonyl (C=O) groups excluding carboxylic acids is 2. The van der Waals surface area contributed by atoms with Crippen molar-refractivity contribution in [2.75, 3.05) is 12.4 Å². The van der Waals surface area contributed by atoms with Gasteiger partial charge in [-0.05, 0) is 19.1 Å². The molecule has 0 fully saturated rings. The number of nitrogens with two attached hydrogens (primary N) is 1. The van der Waals surface area contributed by atoms with E-state index in [1.807, 2.05) is 0 Å². The second kappa shape index (κ2) is 7.35. The van der Waals surface area contributed by atoms with Crippen LogP contribution < -0.4 is 11.1 Å². The topological polar surface area (TPSA) is 152 Å². The third-order valence-corrected chi connectivity index (χ3v) is 4.68. The first-order valence-electron chi connectivity index (χ1n) is 8.97. The molecule has 3 aromatic heterocycles. The van der Waals surface area contributed by atoms with E-state index in [1.54, 1.807) is 26.1 Å². The Hall–Kier alpha value is -4.15. The highest BCUT2D eigenvalue weighted by molar-refractivity contribution is 6.02. The summed E-state index contributed by atoms with van der Waals surface area (Å²) in [7, 11) is 1.57. The van der Waals surface area contributed by atoms with Gasteiger partial charge < -0.3 is 15.5 Å². The predicted octanol–water partition coefficient (Wildman–Crippen LogP) is 1.17. The van der Waals surface area contributed by atoms with E-state index in [9.17, 15) is 9.59 Å². The lowest BCUT2D eigenvalue weighted by atomic mass is 9.91. The van der Waals surface area contributed by atoms with Crippen LogP contribution >= 0.6 is 0 Å². The van der Waals surface area contributed by atoms with E-state index < -0.39 is 11.4 Å². The summed E-state index contributed by atoms with van der Waals surface area (Å²) in [4.78, 5) is 47.0. The largest absolute Gasteiger partial charge is 0.443 e. The Bertz CT molecular complexity index is 1130. The summed E-state index contributed by atoms with van der Waals surface area (Å²) >= 11 is 0. The summed E-state index contributed by atoms with van der Waals surface area (Å²) in [6, 6.07) is 3.28. The molecule has 30 heavy (non-hydrogen) atoms. The quantitative estimate of drug-likeness (QED) is 0.655. The monoisotopic (exact) mass is 406 g/mol. The Morgan fingerprint density at radius 1 is 1.23 bits per heavy atom. The first-order chi connectivity index (χ1) is 14.4. The number of amides is 2. The maximum absolute atomic E-state index is 12.5. The summed E-state index contributed by atoms with van der Waals surface area (Å²) < 4.78 is 5.15. The number of rotatable bonds is 4. The number of hydrogen-bond acceptors (Lipinski definition) is 9. The molecule has 3 aromatic rings. The van der Waals surface area contributed by atoms with Gasteiger partial charge in [0, 0.05) is 18.9 Å². The summed E-state index contributed by atoms with van der Waals surface area (Å²) in [6.45, 7) is 1.77. The van der Waals surface area contributed by atoms with Crippen molar-refractivity contribution < 1.29 is 14.0 Å². The van der Waals surface area contributed by atoms with Gasteiger partial charge in [-0.1, -0.05) is 0 Å². The van der Waals surface area contributed by atoms with Crippen molar-refractivity contribution in [3.8, 4) is 11.6 Å². The molecular weight excluding hydrogens is 388 g/mol. The van der Waals surface area contributed by atoms with Gasteiger partial charge in [0.2, 0.25) is 11.8 Å². The van der Waals surface area contributed by atoms with E-state index in [-0.39, 0.29) is 24.0 Å². The van der Waals surface area contributed by atoms with Gasteiger partial charge in [-0.25, -0.2) is 19.9 Å². The molecule has 0 radical (unpaired) electrons. The normalized spacial score (nSPS) is 18.8. The predicted molar refractivity (Wildman–Crippen MR) is 106 cm³/mol. The van der Waals surface area contributed by atoms with Gasteiger partial charge in [-0.3, -0.25) is 19.5 Å². The van der Waals surface area contributed by atoms with Crippen molar-refractivity contribution in [3.63, 3.8) is 0 Å². The minimum absolute atomic E-state index is 0.113. The van der Waals surface area contributed by atoms with Crippen molar-refractivity contribution in [2.45, 2.75) is 18.9 Å². The molecule has 3 N–H and O–H groups in total. The van der Waals surface area contributed by atoms with Gasteiger partial charge in [-0.2, -0.15) is 0 Å². The van der Waals surface area contributed by atoms with E-state index in [1.165, 1.54) is 36.0 Å². The summed E-state index contributed by atoms with van der Waals surface area (Å²) in [5, 5.41) is 2.74. The Morgan fingerprint density at radius 2 is 2.07 bits per heavy atom. The molecule has 2 amide bonds. The molecule has 1 aliphatic heterocycles. The third-order valence-electron chi connectivity index (χ3n) is 4.68. The number of aliphatic imine (C=N–C) groups is 1. The van der Waals surface area contributed by atoms with Crippen molar-refractivity contribution in [1.82, 2.24) is 24.8 Å². The number of nitrogens with zero attached hydrogens (tertiary/aromatic N) is 6. The molecule has 11 nitrogen and oxygen atoms in total. The molecule has 0 aliphatic carbocycles. The van der Waals surface area contributed by atoms with Crippen LogP contribution in [0.2, 0.25) is 0 Å². The van der Waals surface area contributed by atoms with Crippen LogP contribution in [0.3, 0.4) is 0 Å². The van der Waals surface area contributed by atoms with Crippen LogP contribution in [0.5, 0.6) is 0 Å². The number of guanidine groups is 1. The summed E-state index contributed by atoms with van der Waals surface area (Å²) in [5.74, 6) is -0.186. The summed E-state index contributed by atoms with van der Waals surface area (Å²) in [5.41, 5.74) is 6.45. The lowest BCUT2D eigenvalue weighted by Crippen LogP contribution is -2.47. The molecule has 0 spiro atoms. The van der Waals surface area contributed by atoms with Crippen molar-refractivity contribution in [2.24, 2.45) is 10.7 Å². The number of hydrogen-bond donors (Lipinski definition) is 2. The Kier molecular flexibility index (Phi) is 4.70. The number of pyridine rings is 1. The molecule has 1 atom stereocenters. The van der Waals surface area contributed by atoms with Crippen LogP contribution in [0.4, 0.5) is 5.69 Å². The zero-order chi connectivity index (χ0) is 21.3. The van der Waals surface area contributed by atoms with E-state index in [0.29, 0.717) is 23.0 Å². The molecule has 0 bridgehead atoms. The number of anilines is 1. The number of oxazole rings is 1. The number of nitrogens with one attached hydrogen (secondary N) is 1. The second-order valence-electron chi connectivity index (χ2n) is 6.88. The average Bonchev–Trinajstić information content (AvgIpc) is 3.27. The molecule has 1 unspecified atom stereocenters. The van der Waals surface area contributed by atoms with Crippen LogP contribution in [0.1, 0.15) is 29.5 Å². The zero-order valence-corrected chi connectivity index (χ0v) is 16.2. The van der Waals surface area contributed by atoms with Gasteiger partial charge in [0.25, 0.3) is 5.91 Å². The molecule has 0 saturated carbocycles. The van der Waals surface area contributed by atoms with Gasteiger partial charge >= 0.3 is 0 Å². The van der Waals surface area contributed by atoms with E-state index in [0.717, 1.165) is 0 Å². The second-order valence-corrected chi connectivity index (χ2v) is 6.88. The first-order valence-corrected chi connectivity index (χ1v) is 8.97. The molecular formula is C19H18N8O3. The van der Waals surface area contributed by atoms with Crippen molar-refractivity contribution >= 4 is 23.5 Å². The summed E-state index contributed by atoms with van der Waals surface area (Å²) in [6.07, 6.45) is 7.30. The van der Waals surface area contributed by atoms with Crippen LogP contribution in [-0.2, 0) is 10.3 Å². The van der Waals surface area contributed by atoms with Crippen LogP contribution in [0.25, 0.3) is 11.6 Å². The Morgan fingerprint density at radius 3 is 2.73 bits per heavy atom. The molecule has 152 valence electrons. The maximum atomic E-state index is 12.5. The molecule has 0 saturated heterocycles. The highest BCUT2D eigenvalue weighted by atomic mass is 16.3. The Balaban J connectivity index is 1.53. The number of carbonyl (C=O) groups is 2. The van der Waals surface area contributed by atoms with E-state index in [2.05, 4.69) is 30.2 Å². The van der Waals surface area contributed by atoms with Crippen LogP contribution in [-0.4, -0.2) is 49.7 Å². The van der Waals surface area contributed by atoms with Crippen molar-refractivity contribution in [3.05, 3.63) is 54.6 Å². The Labute approximate surface area is 171 Å². The fraction of sp³-hybridized carbons (Fsp3) is 0.211. The third kappa shape index (κ3) is 3.60. The molecule has 11 heteroatoms. The molecule has 4 heterocycles. The van der Waals surface area contributed by atoms with Crippen LogP contribution in [0, 0.1) is 0 Å². The standard InChI is InChI=1S/C19H18N8O3/c1-19(8-15(28)27(2)18(20)26-19)14-7-11(3-4-21-14)25-16(29)12-9-24-13(10-23-12)17-22-5-6-30-17/h3-7,9-10H,8H2,1-2H3,(H2,20,26)(H,21,25,29). The number of aromatic nitrogens is 4. The van der Waals surface area contributed by atoms with E-state index >= 15 is 0 Å². The highest BCUT2D eigenvalue weighted by Crippen LogP contribution is 2.32. The SMILES string of the molecule is CN1C(=O)CC(C)(c2cc(NC(=O)c3cnc(-c4ncco4)cn3)ccn2)N=C1N. The molecule has 0 aromatic carbocycles. The molecule has 4 rings (SSSR count).